The van der Waals surface area contributed by atoms with Crippen LogP contribution >= 0.6 is 0 Å². The van der Waals surface area contributed by atoms with Crippen LogP contribution in [0, 0.1) is 0 Å². The second-order valence-corrected chi connectivity index (χ2v) is 11.3. The van der Waals surface area contributed by atoms with Crippen molar-refractivity contribution in [2.75, 3.05) is 0 Å². The Kier molecular flexibility index (Phi) is 6.87. The molecule has 0 saturated carbocycles. The first-order valence-corrected chi connectivity index (χ1v) is 14.1. The van der Waals surface area contributed by atoms with Gasteiger partial charge in [0.25, 0.3) is 5.91 Å². The molecular weight excluding hydrogens is 520 g/mol. The molecule has 2 N–H and O–H groups in total. The number of pyridine rings is 1. The van der Waals surface area contributed by atoms with Gasteiger partial charge in [0.1, 0.15) is 5.69 Å². The van der Waals surface area contributed by atoms with Crippen LogP contribution in [0.25, 0.3) is 27.4 Å². The van der Waals surface area contributed by atoms with Crippen molar-refractivity contribution in [3.63, 3.8) is 0 Å². The summed E-state index contributed by atoms with van der Waals surface area (Å²) in [5.74, 6) is -1.19. The van der Waals surface area contributed by atoms with E-state index in [1.807, 2.05) is 49.4 Å². The Morgan fingerprint density at radius 2 is 1.43 bits per heavy atom. The van der Waals surface area contributed by atoms with Gasteiger partial charge < -0.3 is 14.8 Å². The number of hydrogen-bond acceptors (Lipinski definition) is 2. The highest BCUT2D eigenvalue weighted by atomic mass is 16.4. The fraction of sp³-hybridized carbons (Fsp3) is 0.135. The van der Waals surface area contributed by atoms with Crippen molar-refractivity contribution in [1.29, 1.82) is 0 Å². The third-order valence-corrected chi connectivity index (χ3v) is 8.20. The number of carboxylic acids is 1. The van der Waals surface area contributed by atoms with E-state index in [4.69, 9.17) is 0 Å². The van der Waals surface area contributed by atoms with Gasteiger partial charge in [-0.15, -0.1) is 0 Å². The highest BCUT2D eigenvalue weighted by Crippen LogP contribution is 2.36. The lowest BCUT2D eigenvalue weighted by atomic mass is 9.80. The molecular formula is C37H32N2O3. The number of rotatable bonds is 7. The molecule has 1 atom stereocenters. The van der Waals surface area contributed by atoms with E-state index in [0.29, 0.717) is 5.69 Å². The Labute approximate surface area is 245 Å². The van der Waals surface area contributed by atoms with Crippen LogP contribution in [-0.4, -0.2) is 21.4 Å². The summed E-state index contributed by atoms with van der Waals surface area (Å²) in [5.41, 5.74) is 6.26. The summed E-state index contributed by atoms with van der Waals surface area (Å²) in [6.45, 7) is 6.29. The number of benzene rings is 4. The first-order valence-electron chi connectivity index (χ1n) is 14.1. The summed E-state index contributed by atoms with van der Waals surface area (Å²) in [4.78, 5) is 25.4. The number of fused-ring (bicyclic) bond motifs is 2. The van der Waals surface area contributed by atoms with E-state index >= 15 is 0 Å². The summed E-state index contributed by atoms with van der Waals surface area (Å²) in [6, 6.07) is 39.5. The standard InChI is InChI=1S/C37H32N2O3/c1-24(25-13-15-28(16-14-25)36(41)42)38-35(40)33-23-30(26-9-5-4-6-10-26)22-32-19-20-34(39(32)33)37(2,3)31-18-17-27-11-7-8-12-29(27)21-31/h4-24H,1-3H3,(H,38,40)(H,41,42). The minimum absolute atomic E-state index is 0.209. The van der Waals surface area contributed by atoms with Crippen LogP contribution in [-0.2, 0) is 5.41 Å². The number of nitrogens with one attached hydrogen (secondary N) is 1. The van der Waals surface area contributed by atoms with Gasteiger partial charge in [0.15, 0.2) is 0 Å². The number of carbonyl (C=O) groups is 2. The van der Waals surface area contributed by atoms with Crippen molar-refractivity contribution in [1.82, 2.24) is 9.72 Å². The molecule has 42 heavy (non-hydrogen) atoms. The summed E-state index contributed by atoms with van der Waals surface area (Å²) in [5, 5.41) is 14.8. The molecule has 0 fully saturated rings. The van der Waals surface area contributed by atoms with Gasteiger partial charge in [0.05, 0.1) is 11.6 Å². The van der Waals surface area contributed by atoms with E-state index in [0.717, 1.165) is 33.5 Å². The molecule has 208 valence electrons. The SMILES string of the molecule is CC(NC(=O)c1cc(-c2ccccc2)cc2ccc(C(C)(C)c3ccc4ccccc4c3)n12)c1ccc(C(=O)O)cc1. The van der Waals surface area contributed by atoms with E-state index in [-0.39, 0.29) is 17.5 Å². The Hall–Kier alpha value is -5.16. The number of nitrogens with zero attached hydrogens (tertiary/aromatic N) is 1. The second-order valence-electron chi connectivity index (χ2n) is 11.3. The first kappa shape index (κ1) is 27.0. The molecule has 0 aliphatic heterocycles. The Balaban J connectivity index is 1.45. The maximum absolute atomic E-state index is 14.1. The largest absolute Gasteiger partial charge is 0.478 e. The van der Waals surface area contributed by atoms with Gasteiger partial charge in [-0.2, -0.15) is 0 Å². The molecule has 0 saturated heterocycles. The van der Waals surface area contributed by atoms with Gasteiger partial charge >= 0.3 is 5.97 Å². The molecule has 0 spiro atoms. The van der Waals surface area contributed by atoms with Crippen molar-refractivity contribution in [3.05, 3.63) is 149 Å². The van der Waals surface area contributed by atoms with Gasteiger partial charge in [-0.3, -0.25) is 4.79 Å². The molecule has 5 nitrogen and oxygen atoms in total. The number of aromatic carboxylic acids is 1. The molecule has 6 rings (SSSR count). The summed E-state index contributed by atoms with van der Waals surface area (Å²) < 4.78 is 2.07. The summed E-state index contributed by atoms with van der Waals surface area (Å²) in [6.07, 6.45) is 0. The van der Waals surface area contributed by atoms with Crippen LogP contribution in [0.2, 0.25) is 0 Å². The lowest BCUT2D eigenvalue weighted by Gasteiger charge is -2.27. The van der Waals surface area contributed by atoms with Gasteiger partial charge in [0.2, 0.25) is 0 Å². The smallest absolute Gasteiger partial charge is 0.335 e. The first-order chi connectivity index (χ1) is 20.2. The van der Waals surface area contributed by atoms with Crippen LogP contribution in [0.1, 0.15) is 64.5 Å². The zero-order valence-corrected chi connectivity index (χ0v) is 23.8. The predicted molar refractivity (Wildman–Crippen MR) is 168 cm³/mol. The van der Waals surface area contributed by atoms with E-state index in [1.165, 1.54) is 10.8 Å². The molecule has 0 radical (unpaired) electrons. The van der Waals surface area contributed by atoms with Crippen molar-refractivity contribution in [2.24, 2.45) is 0 Å². The van der Waals surface area contributed by atoms with Crippen LogP contribution in [0.4, 0.5) is 0 Å². The molecule has 0 aliphatic rings. The maximum atomic E-state index is 14.1. The van der Waals surface area contributed by atoms with E-state index < -0.39 is 11.4 Å². The van der Waals surface area contributed by atoms with Crippen LogP contribution < -0.4 is 5.32 Å². The zero-order chi connectivity index (χ0) is 29.4. The molecule has 2 heterocycles. The number of aromatic nitrogens is 1. The molecule has 2 aromatic heterocycles. The Bertz CT molecular complexity index is 1940. The lowest BCUT2D eigenvalue weighted by Crippen LogP contribution is -2.30. The molecule has 0 aliphatic carbocycles. The fourth-order valence-corrected chi connectivity index (χ4v) is 5.69. The average Bonchev–Trinajstić information content (AvgIpc) is 3.46. The van der Waals surface area contributed by atoms with Crippen molar-refractivity contribution >= 4 is 28.2 Å². The maximum Gasteiger partial charge on any atom is 0.335 e. The highest BCUT2D eigenvalue weighted by molar-refractivity contribution is 5.96. The second kappa shape index (κ2) is 10.7. The molecule has 1 amide bonds. The van der Waals surface area contributed by atoms with Crippen LogP contribution in [0.5, 0.6) is 0 Å². The fourth-order valence-electron chi connectivity index (χ4n) is 5.69. The van der Waals surface area contributed by atoms with Gasteiger partial charge in [0, 0.05) is 16.6 Å². The topological polar surface area (TPSA) is 70.8 Å². The number of amides is 1. The molecule has 4 aromatic carbocycles. The van der Waals surface area contributed by atoms with Crippen molar-refractivity contribution < 1.29 is 14.7 Å². The van der Waals surface area contributed by atoms with Gasteiger partial charge in [-0.1, -0.05) is 98.8 Å². The van der Waals surface area contributed by atoms with Gasteiger partial charge in [-0.05, 0) is 76.3 Å². The number of carbonyl (C=O) groups excluding carboxylic acids is 1. The number of carboxylic acid groups (broad SMARTS) is 1. The van der Waals surface area contributed by atoms with Crippen LogP contribution in [0.3, 0.4) is 0 Å². The Morgan fingerprint density at radius 3 is 2.14 bits per heavy atom. The molecule has 5 heteroatoms. The quantitative estimate of drug-likeness (QED) is 0.209. The lowest BCUT2D eigenvalue weighted by molar-refractivity contribution is 0.0696. The molecule has 6 aromatic rings. The normalized spacial score (nSPS) is 12.4. The predicted octanol–water partition coefficient (Wildman–Crippen LogP) is 8.27. The average molecular weight is 553 g/mol. The Morgan fingerprint density at radius 1 is 0.738 bits per heavy atom. The monoisotopic (exact) mass is 552 g/mol. The van der Waals surface area contributed by atoms with Crippen molar-refractivity contribution in [2.45, 2.75) is 32.2 Å². The highest BCUT2D eigenvalue weighted by Gasteiger charge is 2.29. The number of hydrogen-bond donors (Lipinski definition) is 2. The molecule has 1 unspecified atom stereocenters. The van der Waals surface area contributed by atoms with E-state index in [9.17, 15) is 14.7 Å². The third kappa shape index (κ3) is 4.94. The van der Waals surface area contributed by atoms with E-state index in [2.05, 4.69) is 78.2 Å². The minimum Gasteiger partial charge on any atom is -0.478 e. The third-order valence-electron chi connectivity index (χ3n) is 8.20. The molecule has 0 bridgehead atoms. The minimum atomic E-state index is -0.979. The summed E-state index contributed by atoms with van der Waals surface area (Å²) >= 11 is 0. The zero-order valence-electron chi connectivity index (χ0n) is 23.8. The summed E-state index contributed by atoms with van der Waals surface area (Å²) in [7, 11) is 0. The van der Waals surface area contributed by atoms with Crippen molar-refractivity contribution in [3.8, 4) is 11.1 Å². The van der Waals surface area contributed by atoms with Crippen LogP contribution in [0.15, 0.2) is 121 Å². The van der Waals surface area contributed by atoms with E-state index in [1.54, 1.807) is 24.3 Å². The van der Waals surface area contributed by atoms with Gasteiger partial charge in [-0.25, -0.2) is 4.79 Å².